The molecule has 1 aromatic heterocycles. The predicted molar refractivity (Wildman–Crippen MR) is 83.2 cm³/mol. The number of rotatable bonds is 5. The van der Waals surface area contributed by atoms with E-state index in [1.807, 2.05) is 0 Å². The highest BCUT2D eigenvalue weighted by molar-refractivity contribution is 9.10. The van der Waals surface area contributed by atoms with Gasteiger partial charge in [-0.05, 0) is 59.2 Å². The first-order valence-electron chi connectivity index (χ1n) is 5.84. The maximum absolute atomic E-state index is 3.54. The normalized spacial score (nSPS) is 10.9. The van der Waals surface area contributed by atoms with E-state index in [0.717, 1.165) is 18.8 Å². The maximum Gasteiger partial charge on any atom is 0.0505 e. The van der Waals surface area contributed by atoms with Gasteiger partial charge in [-0.2, -0.15) is 0 Å². The topological polar surface area (TPSA) is 15.3 Å². The van der Waals surface area contributed by atoms with Gasteiger partial charge < -0.3 is 10.2 Å². The van der Waals surface area contributed by atoms with Gasteiger partial charge in [-0.3, -0.25) is 0 Å². The number of nitrogens with zero attached hydrogens (tertiary/aromatic N) is 1. The maximum atomic E-state index is 3.54. The van der Waals surface area contributed by atoms with Gasteiger partial charge in [0.15, 0.2) is 0 Å². The Morgan fingerprint density at radius 2 is 1.89 bits per heavy atom. The predicted octanol–water partition coefficient (Wildman–Crippen LogP) is 4.18. The van der Waals surface area contributed by atoms with E-state index in [0.29, 0.717) is 0 Å². The minimum atomic E-state index is 0.866. The SMILES string of the molecule is CN(C)Cc1ccc(NCc2sccc2Br)cc1. The molecule has 1 N–H and O–H groups in total. The second-order valence-electron chi connectivity index (χ2n) is 4.48. The van der Waals surface area contributed by atoms with Crippen molar-refractivity contribution in [2.75, 3.05) is 19.4 Å². The largest absolute Gasteiger partial charge is 0.380 e. The first-order valence-corrected chi connectivity index (χ1v) is 7.52. The molecule has 0 saturated carbocycles. The number of hydrogen-bond acceptors (Lipinski definition) is 3. The number of anilines is 1. The lowest BCUT2D eigenvalue weighted by Crippen LogP contribution is -2.10. The third kappa shape index (κ3) is 3.83. The summed E-state index contributed by atoms with van der Waals surface area (Å²) < 4.78 is 1.18. The molecular formula is C14H17BrN2S. The molecule has 1 heterocycles. The van der Waals surface area contributed by atoms with Crippen molar-refractivity contribution in [2.45, 2.75) is 13.1 Å². The van der Waals surface area contributed by atoms with Gasteiger partial charge >= 0.3 is 0 Å². The van der Waals surface area contributed by atoms with Crippen molar-refractivity contribution in [3.63, 3.8) is 0 Å². The van der Waals surface area contributed by atoms with E-state index < -0.39 is 0 Å². The Balaban J connectivity index is 1.92. The number of halogens is 1. The van der Waals surface area contributed by atoms with Crippen LogP contribution in [0.4, 0.5) is 5.69 Å². The van der Waals surface area contributed by atoms with Gasteiger partial charge in [0.25, 0.3) is 0 Å². The first kappa shape index (κ1) is 13.6. The summed E-state index contributed by atoms with van der Waals surface area (Å²) in [4.78, 5) is 3.50. The van der Waals surface area contributed by atoms with Crippen LogP contribution in [0.3, 0.4) is 0 Å². The molecule has 18 heavy (non-hydrogen) atoms. The molecule has 96 valence electrons. The van der Waals surface area contributed by atoms with Crippen LogP contribution in [0.5, 0.6) is 0 Å². The second-order valence-corrected chi connectivity index (χ2v) is 6.33. The molecule has 0 unspecified atom stereocenters. The Kier molecular flexibility index (Phi) is 4.80. The summed E-state index contributed by atoms with van der Waals surface area (Å²) in [5, 5.41) is 5.53. The third-order valence-corrected chi connectivity index (χ3v) is 4.52. The molecule has 2 aromatic rings. The van der Waals surface area contributed by atoms with Crippen LogP contribution in [0.25, 0.3) is 0 Å². The lowest BCUT2D eigenvalue weighted by atomic mass is 10.2. The van der Waals surface area contributed by atoms with Gasteiger partial charge in [0.2, 0.25) is 0 Å². The van der Waals surface area contributed by atoms with Crippen molar-refractivity contribution in [2.24, 2.45) is 0 Å². The first-order chi connectivity index (χ1) is 8.65. The Morgan fingerprint density at radius 3 is 2.44 bits per heavy atom. The fourth-order valence-electron chi connectivity index (χ4n) is 1.73. The van der Waals surface area contributed by atoms with Crippen LogP contribution in [0, 0.1) is 0 Å². The molecule has 0 aliphatic rings. The molecule has 0 amide bonds. The van der Waals surface area contributed by atoms with E-state index in [9.17, 15) is 0 Å². The van der Waals surface area contributed by atoms with E-state index in [1.165, 1.54) is 14.9 Å². The zero-order chi connectivity index (χ0) is 13.0. The van der Waals surface area contributed by atoms with E-state index in [1.54, 1.807) is 11.3 Å². The Hall–Kier alpha value is -0.840. The van der Waals surface area contributed by atoms with Crippen LogP contribution in [0.15, 0.2) is 40.2 Å². The molecule has 0 radical (unpaired) electrons. The molecule has 0 spiro atoms. The summed E-state index contributed by atoms with van der Waals surface area (Å²) >= 11 is 5.31. The summed E-state index contributed by atoms with van der Waals surface area (Å²) in [7, 11) is 4.17. The van der Waals surface area contributed by atoms with Gasteiger partial charge in [0.1, 0.15) is 0 Å². The Morgan fingerprint density at radius 1 is 1.17 bits per heavy atom. The van der Waals surface area contributed by atoms with Gasteiger partial charge in [-0.15, -0.1) is 11.3 Å². The minimum absolute atomic E-state index is 0.866. The number of benzene rings is 1. The third-order valence-electron chi connectivity index (χ3n) is 2.60. The van der Waals surface area contributed by atoms with Crippen molar-refractivity contribution < 1.29 is 0 Å². The fourth-order valence-corrected chi connectivity index (χ4v) is 3.16. The highest BCUT2D eigenvalue weighted by Crippen LogP contribution is 2.23. The van der Waals surface area contributed by atoms with Crippen LogP contribution in [-0.4, -0.2) is 19.0 Å². The zero-order valence-electron chi connectivity index (χ0n) is 10.6. The van der Waals surface area contributed by atoms with Crippen molar-refractivity contribution in [3.05, 3.63) is 50.6 Å². The van der Waals surface area contributed by atoms with Crippen molar-refractivity contribution >= 4 is 33.0 Å². The number of hydrogen-bond donors (Lipinski definition) is 1. The monoisotopic (exact) mass is 324 g/mol. The van der Waals surface area contributed by atoms with Crippen LogP contribution >= 0.6 is 27.3 Å². The average Bonchev–Trinajstić information content (AvgIpc) is 2.73. The van der Waals surface area contributed by atoms with E-state index in [4.69, 9.17) is 0 Å². The second kappa shape index (κ2) is 6.36. The van der Waals surface area contributed by atoms with Gasteiger partial charge in [0, 0.05) is 21.6 Å². The molecule has 1 aromatic carbocycles. The Bertz CT molecular complexity index is 491. The summed E-state index contributed by atoms with van der Waals surface area (Å²) in [5.74, 6) is 0. The molecule has 0 atom stereocenters. The molecule has 2 rings (SSSR count). The van der Waals surface area contributed by atoms with E-state index >= 15 is 0 Å². The van der Waals surface area contributed by atoms with Gasteiger partial charge in [-0.25, -0.2) is 0 Å². The van der Waals surface area contributed by atoms with Crippen LogP contribution in [0.2, 0.25) is 0 Å². The smallest absolute Gasteiger partial charge is 0.0505 e. The molecule has 0 aliphatic heterocycles. The molecule has 0 aliphatic carbocycles. The summed E-state index contributed by atoms with van der Waals surface area (Å²) in [6.45, 7) is 1.85. The lowest BCUT2D eigenvalue weighted by molar-refractivity contribution is 0.402. The van der Waals surface area contributed by atoms with Crippen LogP contribution in [-0.2, 0) is 13.1 Å². The quantitative estimate of drug-likeness (QED) is 0.887. The van der Waals surface area contributed by atoms with Gasteiger partial charge in [-0.1, -0.05) is 12.1 Å². The minimum Gasteiger partial charge on any atom is -0.380 e. The summed E-state index contributed by atoms with van der Waals surface area (Å²) in [6, 6.07) is 10.7. The summed E-state index contributed by atoms with van der Waals surface area (Å²) in [6.07, 6.45) is 0. The molecular weight excluding hydrogens is 308 g/mol. The van der Waals surface area contributed by atoms with Crippen molar-refractivity contribution in [1.82, 2.24) is 4.90 Å². The van der Waals surface area contributed by atoms with Crippen molar-refractivity contribution in [1.29, 1.82) is 0 Å². The molecule has 4 heteroatoms. The standard InChI is InChI=1S/C14H17BrN2S/c1-17(2)10-11-3-5-12(6-4-11)16-9-14-13(15)7-8-18-14/h3-8,16H,9-10H2,1-2H3. The zero-order valence-corrected chi connectivity index (χ0v) is 13.0. The molecule has 2 nitrogen and oxygen atoms in total. The van der Waals surface area contributed by atoms with E-state index in [2.05, 4.69) is 76.0 Å². The average molecular weight is 325 g/mol. The van der Waals surface area contributed by atoms with Gasteiger partial charge in [0.05, 0.1) is 6.54 Å². The number of nitrogens with one attached hydrogen (secondary N) is 1. The van der Waals surface area contributed by atoms with Crippen LogP contribution in [0.1, 0.15) is 10.4 Å². The molecule has 0 bridgehead atoms. The highest BCUT2D eigenvalue weighted by atomic mass is 79.9. The van der Waals surface area contributed by atoms with E-state index in [-0.39, 0.29) is 0 Å². The number of thiophene rings is 1. The fraction of sp³-hybridized carbons (Fsp3) is 0.286. The lowest BCUT2D eigenvalue weighted by Gasteiger charge is -2.11. The molecule has 0 saturated heterocycles. The van der Waals surface area contributed by atoms with Crippen LogP contribution < -0.4 is 5.32 Å². The Labute approximate surface area is 121 Å². The highest BCUT2D eigenvalue weighted by Gasteiger charge is 2.01. The summed E-state index contributed by atoms with van der Waals surface area (Å²) in [5.41, 5.74) is 2.50. The molecule has 0 fully saturated rings. The van der Waals surface area contributed by atoms with Crippen molar-refractivity contribution in [3.8, 4) is 0 Å².